The number of hydrogen-bond acceptors (Lipinski definition) is 3. The van der Waals surface area contributed by atoms with E-state index in [1.54, 1.807) is 6.20 Å². The van der Waals surface area contributed by atoms with Crippen molar-refractivity contribution in [3.8, 4) is 11.4 Å². The number of alkyl halides is 3. The summed E-state index contributed by atoms with van der Waals surface area (Å²) in [4.78, 5) is 11.0. The van der Waals surface area contributed by atoms with E-state index in [-0.39, 0.29) is 0 Å². The Morgan fingerprint density at radius 1 is 1.05 bits per heavy atom. The van der Waals surface area contributed by atoms with Crippen LogP contribution in [0.15, 0.2) is 24.8 Å². The molecular weight excluding hydrogens is 269 g/mol. The minimum atomic E-state index is -4.51. The highest BCUT2D eigenvalue weighted by atomic mass is 19.4. The number of rotatable bonds is 2. The Balaban J connectivity index is 1.92. The first-order chi connectivity index (χ1) is 9.55. The van der Waals surface area contributed by atoms with E-state index in [4.69, 9.17) is 0 Å². The summed E-state index contributed by atoms with van der Waals surface area (Å²) >= 11 is 0. The average Bonchev–Trinajstić information content (AvgIpc) is 3.08. The number of nitrogens with zero attached hydrogens (tertiary/aromatic N) is 4. The molecule has 2 aromatic heterocycles. The molecule has 0 N–H and O–H groups in total. The summed E-state index contributed by atoms with van der Waals surface area (Å²) in [5, 5.41) is 0. The molecule has 0 unspecified atom stereocenters. The molecule has 2 aromatic rings. The molecule has 0 bridgehead atoms. The van der Waals surface area contributed by atoms with Crippen LogP contribution in [0, 0.1) is 0 Å². The molecule has 0 spiro atoms. The minimum Gasteiger partial charge on any atom is -0.328 e. The van der Waals surface area contributed by atoms with E-state index in [1.165, 1.54) is 25.2 Å². The maximum absolute atomic E-state index is 12.4. The first kappa shape index (κ1) is 13.1. The number of aromatic nitrogens is 4. The van der Waals surface area contributed by atoms with E-state index >= 15 is 0 Å². The van der Waals surface area contributed by atoms with Gasteiger partial charge in [0, 0.05) is 30.8 Å². The molecule has 0 aliphatic heterocycles. The van der Waals surface area contributed by atoms with Gasteiger partial charge >= 0.3 is 6.18 Å². The third-order valence-electron chi connectivity index (χ3n) is 3.55. The van der Waals surface area contributed by atoms with Crippen LogP contribution in [0.5, 0.6) is 0 Å². The summed E-state index contributed by atoms with van der Waals surface area (Å²) in [7, 11) is 0. The van der Waals surface area contributed by atoms with Crippen molar-refractivity contribution in [3.63, 3.8) is 0 Å². The van der Waals surface area contributed by atoms with E-state index in [0.717, 1.165) is 12.8 Å². The van der Waals surface area contributed by atoms with Crippen LogP contribution in [0.1, 0.15) is 37.5 Å². The topological polar surface area (TPSA) is 43.6 Å². The molecule has 7 heteroatoms. The lowest BCUT2D eigenvalue weighted by atomic mass is 10.2. The molecule has 4 nitrogen and oxygen atoms in total. The van der Waals surface area contributed by atoms with Gasteiger partial charge in [0.05, 0.1) is 5.56 Å². The normalized spacial score (nSPS) is 16.8. The molecular formula is C13H13F3N4. The summed E-state index contributed by atoms with van der Waals surface area (Å²) in [6.45, 7) is 0. The second kappa shape index (κ2) is 4.88. The Kier molecular flexibility index (Phi) is 3.19. The molecule has 20 heavy (non-hydrogen) atoms. The van der Waals surface area contributed by atoms with E-state index in [9.17, 15) is 13.2 Å². The first-order valence-corrected chi connectivity index (χ1v) is 6.48. The minimum absolute atomic E-state index is 0.370. The fourth-order valence-electron chi connectivity index (χ4n) is 2.60. The van der Waals surface area contributed by atoms with Crippen molar-refractivity contribution in [1.29, 1.82) is 0 Å². The second-order valence-corrected chi connectivity index (χ2v) is 4.89. The molecule has 1 saturated carbocycles. The Labute approximate surface area is 113 Å². The summed E-state index contributed by atoms with van der Waals surface area (Å²) in [5.74, 6) is -0.495. The van der Waals surface area contributed by atoms with Crippen LogP contribution in [0.4, 0.5) is 13.2 Å². The monoisotopic (exact) mass is 282 g/mol. The van der Waals surface area contributed by atoms with Crippen LogP contribution in [-0.4, -0.2) is 19.5 Å². The number of imidazole rings is 1. The van der Waals surface area contributed by atoms with Gasteiger partial charge in [-0.1, -0.05) is 12.8 Å². The molecule has 106 valence electrons. The number of hydrogen-bond donors (Lipinski definition) is 0. The summed E-state index contributed by atoms with van der Waals surface area (Å²) in [6, 6.07) is 0.370. The van der Waals surface area contributed by atoms with Gasteiger partial charge in [-0.15, -0.1) is 0 Å². The Morgan fingerprint density at radius 3 is 2.30 bits per heavy atom. The van der Waals surface area contributed by atoms with E-state index in [1.807, 2.05) is 10.8 Å². The van der Waals surface area contributed by atoms with Crippen LogP contribution in [0.2, 0.25) is 0 Å². The Bertz CT molecular complexity index is 582. The quantitative estimate of drug-likeness (QED) is 0.847. The van der Waals surface area contributed by atoms with Gasteiger partial charge in [-0.25, -0.2) is 15.0 Å². The fraction of sp³-hybridized carbons (Fsp3) is 0.462. The molecule has 0 saturated heterocycles. The van der Waals surface area contributed by atoms with Gasteiger partial charge in [0.25, 0.3) is 0 Å². The molecule has 1 aliphatic rings. The summed E-state index contributed by atoms with van der Waals surface area (Å²) in [6.07, 6.45) is 5.87. The van der Waals surface area contributed by atoms with Crippen LogP contribution in [0.3, 0.4) is 0 Å². The SMILES string of the molecule is FC(F)(F)c1ncc(-c2nccn2C2CCCC2)cn1. The average molecular weight is 282 g/mol. The Morgan fingerprint density at radius 2 is 1.70 bits per heavy atom. The van der Waals surface area contributed by atoms with Gasteiger partial charge in [-0.05, 0) is 12.8 Å². The van der Waals surface area contributed by atoms with E-state index in [0.29, 0.717) is 17.4 Å². The van der Waals surface area contributed by atoms with Crippen molar-refractivity contribution in [1.82, 2.24) is 19.5 Å². The van der Waals surface area contributed by atoms with E-state index in [2.05, 4.69) is 15.0 Å². The maximum Gasteiger partial charge on any atom is 0.451 e. The van der Waals surface area contributed by atoms with E-state index < -0.39 is 12.0 Å². The third-order valence-corrected chi connectivity index (χ3v) is 3.55. The van der Waals surface area contributed by atoms with Crippen molar-refractivity contribution in [2.24, 2.45) is 0 Å². The van der Waals surface area contributed by atoms with Crippen molar-refractivity contribution < 1.29 is 13.2 Å². The lowest BCUT2D eigenvalue weighted by molar-refractivity contribution is -0.144. The zero-order valence-corrected chi connectivity index (χ0v) is 10.6. The molecule has 3 rings (SSSR count). The van der Waals surface area contributed by atoms with Crippen molar-refractivity contribution >= 4 is 0 Å². The van der Waals surface area contributed by atoms with Gasteiger partial charge in [-0.3, -0.25) is 0 Å². The van der Waals surface area contributed by atoms with Gasteiger partial charge in [0.1, 0.15) is 5.82 Å². The highest BCUT2D eigenvalue weighted by molar-refractivity contribution is 5.52. The Hall–Kier alpha value is -1.92. The molecule has 0 atom stereocenters. The molecule has 0 amide bonds. The lowest BCUT2D eigenvalue weighted by Gasteiger charge is -2.14. The largest absolute Gasteiger partial charge is 0.451 e. The molecule has 2 heterocycles. The highest BCUT2D eigenvalue weighted by Crippen LogP contribution is 2.33. The van der Waals surface area contributed by atoms with Gasteiger partial charge < -0.3 is 4.57 Å². The van der Waals surface area contributed by atoms with Gasteiger partial charge in [-0.2, -0.15) is 13.2 Å². The smallest absolute Gasteiger partial charge is 0.328 e. The zero-order chi connectivity index (χ0) is 14.2. The molecule has 0 radical (unpaired) electrons. The van der Waals surface area contributed by atoms with Gasteiger partial charge in [0.2, 0.25) is 5.82 Å². The lowest BCUT2D eigenvalue weighted by Crippen LogP contribution is -2.11. The van der Waals surface area contributed by atoms with Crippen LogP contribution >= 0.6 is 0 Å². The van der Waals surface area contributed by atoms with Gasteiger partial charge in [0.15, 0.2) is 0 Å². The standard InChI is InChI=1S/C13H13F3N4/c14-13(15,16)12-18-7-9(8-19-12)11-17-5-6-20(11)10-3-1-2-4-10/h5-8,10H,1-4H2. The number of halogens is 3. The third kappa shape index (κ3) is 2.39. The molecule has 0 aromatic carbocycles. The maximum atomic E-state index is 12.4. The highest BCUT2D eigenvalue weighted by Gasteiger charge is 2.34. The molecule has 1 aliphatic carbocycles. The van der Waals surface area contributed by atoms with Crippen LogP contribution in [-0.2, 0) is 6.18 Å². The van der Waals surface area contributed by atoms with Crippen molar-refractivity contribution in [2.45, 2.75) is 37.9 Å². The predicted molar refractivity (Wildman–Crippen MR) is 65.8 cm³/mol. The van der Waals surface area contributed by atoms with Crippen molar-refractivity contribution in [2.75, 3.05) is 0 Å². The van der Waals surface area contributed by atoms with Crippen LogP contribution < -0.4 is 0 Å². The van der Waals surface area contributed by atoms with Crippen LogP contribution in [0.25, 0.3) is 11.4 Å². The first-order valence-electron chi connectivity index (χ1n) is 6.48. The van der Waals surface area contributed by atoms with Crippen molar-refractivity contribution in [3.05, 3.63) is 30.6 Å². The zero-order valence-electron chi connectivity index (χ0n) is 10.6. The summed E-state index contributed by atoms with van der Waals surface area (Å²) < 4.78 is 39.3. The fourth-order valence-corrected chi connectivity index (χ4v) is 2.60. The predicted octanol–water partition coefficient (Wildman–Crippen LogP) is 3.47. The second-order valence-electron chi connectivity index (χ2n) is 4.89. The summed E-state index contributed by atoms with van der Waals surface area (Å²) in [5.41, 5.74) is 0.509. The molecule has 1 fully saturated rings.